The summed E-state index contributed by atoms with van der Waals surface area (Å²) in [6, 6.07) is 3.36. The highest BCUT2D eigenvalue weighted by Gasteiger charge is 2.12. The highest BCUT2D eigenvalue weighted by molar-refractivity contribution is 6.32. The lowest BCUT2D eigenvalue weighted by Crippen LogP contribution is -2.17. The summed E-state index contributed by atoms with van der Waals surface area (Å²) in [6.45, 7) is 1.92. The van der Waals surface area contributed by atoms with Crippen LogP contribution in [0.1, 0.15) is 26.2 Å². The second kappa shape index (κ2) is 7.97. The SMILES string of the molecule is COc1cc(OC)c(NC(=O)CCCC(C)N)cc1Cl. The molecule has 112 valence electrons. The fourth-order valence-electron chi connectivity index (χ4n) is 1.76. The largest absolute Gasteiger partial charge is 0.495 e. The predicted octanol–water partition coefficient (Wildman–Crippen LogP) is 2.81. The van der Waals surface area contributed by atoms with Gasteiger partial charge in [-0.2, -0.15) is 0 Å². The molecular formula is C14H21ClN2O3. The summed E-state index contributed by atoms with van der Waals surface area (Å²) in [5, 5.41) is 3.20. The normalized spacial score (nSPS) is 11.8. The van der Waals surface area contributed by atoms with Crippen molar-refractivity contribution >= 4 is 23.2 Å². The molecule has 1 atom stereocenters. The number of hydrogen-bond donors (Lipinski definition) is 2. The lowest BCUT2D eigenvalue weighted by Gasteiger charge is -2.13. The fraction of sp³-hybridized carbons (Fsp3) is 0.500. The molecule has 0 fully saturated rings. The molecule has 5 nitrogen and oxygen atoms in total. The summed E-state index contributed by atoms with van der Waals surface area (Å²) in [7, 11) is 3.04. The van der Waals surface area contributed by atoms with Gasteiger partial charge in [0.2, 0.25) is 5.91 Å². The Balaban J connectivity index is 2.71. The predicted molar refractivity (Wildman–Crippen MR) is 80.7 cm³/mol. The number of rotatable bonds is 7. The van der Waals surface area contributed by atoms with Crippen molar-refractivity contribution < 1.29 is 14.3 Å². The number of methoxy groups -OCH3 is 2. The van der Waals surface area contributed by atoms with Crippen molar-refractivity contribution in [2.75, 3.05) is 19.5 Å². The van der Waals surface area contributed by atoms with Crippen LogP contribution in [0.15, 0.2) is 12.1 Å². The van der Waals surface area contributed by atoms with E-state index in [2.05, 4.69) is 5.32 Å². The number of carbonyl (C=O) groups excluding carboxylic acids is 1. The topological polar surface area (TPSA) is 73.6 Å². The van der Waals surface area contributed by atoms with Crippen molar-refractivity contribution in [2.24, 2.45) is 5.73 Å². The zero-order chi connectivity index (χ0) is 15.1. The monoisotopic (exact) mass is 300 g/mol. The van der Waals surface area contributed by atoms with Crippen LogP contribution < -0.4 is 20.5 Å². The van der Waals surface area contributed by atoms with Crippen LogP contribution in [0.3, 0.4) is 0 Å². The summed E-state index contributed by atoms with van der Waals surface area (Å²) < 4.78 is 10.3. The van der Waals surface area contributed by atoms with Gasteiger partial charge in [-0.25, -0.2) is 0 Å². The quantitative estimate of drug-likeness (QED) is 0.812. The van der Waals surface area contributed by atoms with Crippen LogP contribution in [0.5, 0.6) is 11.5 Å². The van der Waals surface area contributed by atoms with Crippen LogP contribution in [0.2, 0.25) is 5.02 Å². The molecule has 0 heterocycles. The maximum absolute atomic E-state index is 11.8. The van der Waals surface area contributed by atoms with Gasteiger partial charge in [0.1, 0.15) is 11.5 Å². The van der Waals surface area contributed by atoms with Crippen LogP contribution in [-0.4, -0.2) is 26.2 Å². The first-order valence-electron chi connectivity index (χ1n) is 6.45. The van der Waals surface area contributed by atoms with E-state index in [4.69, 9.17) is 26.8 Å². The van der Waals surface area contributed by atoms with Crippen LogP contribution in [0.25, 0.3) is 0 Å². The Kier molecular flexibility index (Phi) is 6.61. The zero-order valence-corrected chi connectivity index (χ0v) is 12.8. The van der Waals surface area contributed by atoms with E-state index in [0.29, 0.717) is 28.6 Å². The second-order valence-corrected chi connectivity index (χ2v) is 5.01. The first-order chi connectivity index (χ1) is 9.47. The average molecular weight is 301 g/mol. The molecule has 0 aliphatic carbocycles. The van der Waals surface area contributed by atoms with Crippen LogP contribution in [0, 0.1) is 0 Å². The van der Waals surface area contributed by atoms with Crippen LogP contribution >= 0.6 is 11.6 Å². The van der Waals surface area contributed by atoms with Gasteiger partial charge in [-0.1, -0.05) is 11.6 Å². The lowest BCUT2D eigenvalue weighted by atomic mass is 10.1. The Morgan fingerprint density at radius 2 is 2.00 bits per heavy atom. The van der Waals surface area contributed by atoms with Gasteiger partial charge in [0.25, 0.3) is 0 Å². The molecule has 0 aliphatic heterocycles. The van der Waals surface area contributed by atoms with Gasteiger partial charge in [-0.3, -0.25) is 4.79 Å². The number of ether oxygens (including phenoxy) is 2. The molecular weight excluding hydrogens is 280 g/mol. The first kappa shape index (κ1) is 16.6. The Bertz CT molecular complexity index is 464. The van der Waals surface area contributed by atoms with Crippen molar-refractivity contribution in [2.45, 2.75) is 32.2 Å². The van der Waals surface area contributed by atoms with E-state index in [9.17, 15) is 4.79 Å². The van der Waals surface area contributed by atoms with Crippen molar-refractivity contribution in [3.63, 3.8) is 0 Å². The Morgan fingerprint density at radius 3 is 2.55 bits per heavy atom. The molecule has 0 bridgehead atoms. The Hall–Kier alpha value is -1.46. The van der Waals surface area contributed by atoms with Gasteiger partial charge in [0.05, 0.1) is 24.9 Å². The number of anilines is 1. The van der Waals surface area contributed by atoms with Gasteiger partial charge in [0.15, 0.2) is 0 Å². The minimum atomic E-state index is -0.0924. The van der Waals surface area contributed by atoms with E-state index in [1.54, 1.807) is 12.1 Å². The van der Waals surface area contributed by atoms with Crippen LogP contribution in [-0.2, 0) is 4.79 Å². The van der Waals surface area contributed by atoms with E-state index in [-0.39, 0.29) is 11.9 Å². The Labute approximate surface area is 124 Å². The molecule has 1 aromatic rings. The zero-order valence-electron chi connectivity index (χ0n) is 12.0. The minimum absolute atomic E-state index is 0.0924. The maximum atomic E-state index is 11.8. The van der Waals surface area contributed by atoms with Gasteiger partial charge in [0, 0.05) is 18.5 Å². The van der Waals surface area contributed by atoms with Crippen molar-refractivity contribution in [1.29, 1.82) is 0 Å². The molecule has 1 unspecified atom stereocenters. The summed E-state index contributed by atoms with van der Waals surface area (Å²) in [5.41, 5.74) is 6.18. The molecule has 0 aromatic heterocycles. The van der Waals surface area contributed by atoms with Gasteiger partial charge in [-0.05, 0) is 25.8 Å². The smallest absolute Gasteiger partial charge is 0.224 e. The van der Waals surface area contributed by atoms with E-state index >= 15 is 0 Å². The van der Waals surface area contributed by atoms with Crippen molar-refractivity contribution in [3.05, 3.63) is 17.2 Å². The Morgan fingerprint density at radius 1 is 1.35 bits per heavy atom. The molecule has 1 rings (SSSR count). The lowest BCUT2D eigenvalue weighted by molar-refractivity contribution is -0.116. The van der Waals surface area contributed by atoms with E-state index in [1.807, 2.05) is 6.92 Å². The van der Waals surface area contributed by atoms with Crippen molar-refractivity contribution in [1.82, 2.24) is 0 Å². The molecule has 0 radical (unpaired) electrons. The van der Waals surface area contributed by atoms with Crippen LogP contribution in [0.4, 0.5) is 5.69 Å². The van der Waals surface area contributed by atoms with Gasteiger partial charge < -0.3 is 20.5 Å². The maximum Gasteiger partial charge on any atom is 0.224 e. The molecule has 0 spiro atoms. The van der Waals surface area contributed by atoms with E-state index in [0.717, 1.165) is 12.8 Å². The van der Waals surface area contributed by atoms with E-state index < -0.39 is 0 Å². The third-order valence-corrected chi connectivity index (χ3v) is 3.11. The molecule has 3 N–H and O–H groups in total. The molecule has 0 aliphatic rings. The third-order valence-electron chi connectivity index (χ3n) is 2.81. The van der Waals surface area contributed by atoms with Gasteiger partial charge >= 0.3 is 0 Å². The number of nitrogens with two attached hydrogens (primary N) is 1. The number of nitrogens with one attached hydrogen (secondary N) is 1. The fourth-order valence-corrected chi connectivity index (χ4v) is 2.00. The molecule has 20 heavy (non-hydrogen) atoms. The molecule has 1 amide bonds. The average Bonchev–Trinajstić information content (AvgIpc) is 2.38. The molecule has 0 saturated heterocycles. The number of carbonyl (C=O) groups is 1. The van der Waals surface area contributed by atoms with Crippen molar-refractivity contribution in [3.8, 4) is 11.5 Å². The molecule has 6 heteroatoms. The van der Waals surface area contributed by atoms with Gasteiger partial charge in [-0.15, -0.1) is 0 Å². The third kappa shape index (κ3) is 4.90. The highest BCUT2D eigenvalue weighted by atomic mass is 35.5. The highest BCUT2D eigenvalue weighted by Crippen LogP contribution is 2.35. The number of amides is 1. The summed E-state index contributed by atoms with van der Waals surface area (Å²) >= 11 is 6.04. The van der Waals surface area contributed by atoms with E-state index in [1.165, 1.54) is 14.2 Å². The number of halogens is 1. The summed E-state index contributed by atoms with van der Waals surface area (Å²) in [5.74, 6) is 0.912. The first-order valence-corrected chi connectivity index (χ1v) is 6.82. The standard InChI is InChI=1S/C14H21ClN2O3/c1-9(16)5-4-6-14(18)17-11-7-10(15)12(19-2)8-13(11)20-3/h7-9H,4-6,16H2,1-3H3,(H,17,18). The summed E-state index contributed by atoms with van der Waals surface area (Å²) in [6.07, 6.45) is 1.97. The number of hydrogen-bond acceptors (Lipinski definition) is 4. The second-order valence-electron chi connectivity index (χ2n) is 4.60. The molecule has 1 aromatic carbocycles. The molecule has 0 saturated carbocycles. The number of benzene rings is 1. The minimum Gasteiger partial charge on any atom is -0.495 e. The summed E-state index contributed by atoms with van der Waals surface area (Å²) in [4.78, 5) is 11.8.